The summed E-state index contributed by atoms with van der Waals surface area (Å²) in [6, 6.07) is 0. The molecular formula is C16H30O3. The minimum atomic E-state index is -0.216. The lowest BCUT2D eigenvalue weighted by Crippen LogP contribution is -2.17. The van der Waals surface area contributed by atoms with Crippen LogP contribution in [0, 0.1) is 11.8 Å². The average molecular weight is 270 g/mol. The fourth-order valence-electron chi connectivity index (χ4n) is 2.04. The van der Waals surface area contributed by atoms with Crippen molar-refractivity contribution >= 4 is 5.97 Å². The topological polar surface area (TPSA) is 35.5 Å². The molecule has 3 heteroatoms. The molecule has 0 spiro atoms. The van der Waals surface area contributed by atoms with Crippen molar-refractivity contribution in [3.05, 3.63) is 11.1 Å². The fraction of sp³-hybridized carbons (Fsp3) is 0.812. The molecule has 0 fully saturated rings. The van der Waals surface area contributed by atoms with E-state index in [0.717, 1.165) is 18.4 Å². The van der Waals surface area contributed by atoms with Gasteiger partial charge in [0.15, 0.2) is 0 Å². The lowest BCUT2D eigenvalue weighted by Gasteiger charge is -2.18. The van der Waals surface area contributed by atoms with Crippen molar-refractivity contribution in [2.75, 3.05) is 19.8 Å². The van der Waals surface area contributed by atoms with Gasteiger partial charge in [0.25, 0.3) is 0 Å². The summed E-state index contributed by atoms with van der Waals surface area (Å²) in [5, 5.41) is 0. The van der Waals surface area contributed by atoms with Crippen molar-refractivity contribution in [3.63, 3.8) is 0 Å². The first-order valence-electron chi connectivity index (χ1n) is 7.38. The van der Waals surface area contributed by atoms with Gasteiger partial charge in [0.2, 0.25) is 0 Å². The molecule has 0 radical (unpaired) electrons. The van der Waals surface area contributed by atoms with Crippen molar-refractivity contribution in [2.24, 2.45) is 11.8 Å². The first-order chi connectivity index (χ1) is 8.92. The highest BCUT2D eigenvalue weighted by atomic mass is 16.5. The summed E-state index contributed by atoms with van der Waals surface area (Å²) < 4.78 is 10.6. The second-order valence-corrected chi connectivity index (χ2v) is 5.64. The van der Waals surface area contributed by atoms with Crippen molar-refractivity contribution in [2.45, 2.75) is 54.4 Å². The van der Waals surface area contributed by atoms with E-state index < -0.39 is 0 Å². The smallest absolute Gasteiger partial charge is 0.336 e. The number of hydrogen-bond acceptors (Lipinski definition) is 3. The number of ether oxygens (including phenoxy) is 2. The van der Waals surface area contributed by atoms with E-state index in [0.29, 0.717) is 31.7 Å². The number of hydrogen-bond donors (Lipinski definition) is 0. The van der Waals surface area contributed by atoms with Gasteiger partial charge in [-0.05, 0) is 38.5 Å². The number of esters is 1. The van der Waals surface area contributed by atoms with Crippen LogP contribution in [-0.4, -0.2) is 25.8 Å². The van der Waals surface area contributed by atoms with E-state index in [9.17, 15) is 4.79 Å². The Bertz CT molecular complexity index is 278. The molecule has 112 valence electrons. The minimum absolute atomic E-state index is 0.216. The fourth-order valence-corrected chi connectivity index (χ4v) is 2.04. The Kier molecular flexibility index (Phi) is 9.58. The molecule has 3 nitrogen and oxygen atoms in total. The number of carbonyl (C=O) groups excluding carboxylic acids is 1. The van der Waals surface area contributed by atoms with Crippen LogP contribution in [-0.2, 0) is 14.3 Å². The highest BCUT2D eigenvalue weighted by Gasteiger charge is 2.18. The summed E-state index contributed by atoms with van der Waals surface area (Å²) in [7, 11) is 0. The van der Waals surface area contributed by atoms with E-state index >= 15 is 0 Å². The molecule has 0 aromatic rings. The van der Waals surface area contributed by atoms with Crippen LogP contribution in [0.25, 0.3) is 0 Å². The van der Waals surface area contributed by atoms with Gasteiger partial charge in [-0.25, -0.2) is 4.79 Å². The minimum Gasteiger partial charge on any atom is -0.463 e. The van der Waals surface area contributed by atoms with Gasteiger partial charge in [-0.15, -0.1) is 0 Å². The third-order valence-corrected chi connectivity index (χ3v) is 2.71. The molecule has 0 aliphatic heterocycles. The molecule has 0 aromatic carbocycles. The molecular weight excluding hydrogens is 240 g/mol. The molecule has 0 bridgehead atoms. The van der Waals surface area contributed by atoms with Gasteiger partial charge in [-0.1, -0.05) is 33.3 Å². The quantitative estimate of drug-likeness (QED) is 0.469. The van der Waals surface area contributed by atoms with E-state index in [2.05, 4.69) is 27.7 Å². The van der Waals surface area contributed by atoms with Crippen LogP contribution in [0.5, 0.6) is 0 Å². The van der Waals surface area contributed by atoms with Gasteiger partial charge < -0.3 is 9.47 Å². The molecule has 19 heavy (non-hydrogen) atoms. The molecule has 0 heterocycles. The summed E-state index contributed by atoms with van der Waals surface area (Å²) in [5.74, 6) is 0.840. The third-order valence-electron chi connectivity index (χ3n) is 2.71. The Balaban J connectivity index is 5.19. The van der Waals surface area contributed by atoms with E-state index in [1.165, 1.54) is 5.57 Å². The van der Waals surface area contributed by atoms with E-state index in [-0.39, 0.29) is 5.97 Å². The van der Waals surface area contributed by atoms with Crippen molar-refractivity contribution in [3.8, 4) is 0 Å². The van der Waals surface area contributed by atoms with Crippen molar-refractivity contribution in [1.82, 2.24) is 0 Å². The van der Waals surface area contributed by atoms with Crippen LogP contribution >= 0.6 is 0 Å². The normalized spacial score (nSPS) is 10.9. The highest BCUT2D eigenvalue weighted by Crippen LogP contribution is 2.24. The van der Waals surface area contributed by atoms with Crippen LogP contribution in [0.3, 0.4) is 0 Å². The molecule has 0 aliphatic carbocycles. The Labute approximate surface area is 118 Å². The van der Waals surface area contributed by atoms with E-state index in [4.69, 9.17) is 9.47 Å². The van der Waals surface area contributed by atoms with E-state index in [1.807, 2.05) is 13.8 Å². The van der Waals surface area contributed by atoms with Crippen molar-refractivity contribution in [1.29, 1.82) is 0 Å². The van der Waals surface area contributed by atoms with Gasteiger partial charge in [-0.3, -0.25) is 0 Å². The summed E-state index contributed by atoms with van der Waals surface area (Å²) in [5.41, 5.74) is 1.92. The van der Waals surface area contributed by atoms with Gasteiger partial charge >= 0.3 is 5.97 Å². The largest absolute Gasteiger partial charge is 0.463 e. The zero-order valence-electron chi connectivity index (χ0n) is 13.4. The predicted octanol–water partition coefficient (Wildman–Crippen LogP) is 3.97. The Morgan fingerprint density at radius 1 is 0.947 bits per heavy atom. The molecule has 0 atom stereocenters. The standard InChI is InChI=1S/C16H30O3/c1-7-18-11-15(16(17)19-8-2)14(9-12(3)4)10-13(5)6/h12-13H,7-11H2,1-6H3. The number of allylic oxidation sites excluding steroid dienone is 1. The second kappa shape index (κ2) is 10.0. The maximum Gasteiger partial charge on any atom is 0.336 e. The summed E-state index contributed by atoms with van der Waals surface area (Å²) in [6.07, 6.45) is 1.86. The summed E-state index contributed by atoms with van der Waals surface area (Å²) in [6.45, 7) is 13.8. The van der Waals surface area contributed by atoms with Gasteiger partial charge in [0.05, 0.1) is 18.8 Å². The van der Waals surface area contributed by atoms with Gasteiger partial charge in [0, 0.05) is 6.61 Å². The first kappa shape index (κ1) is 18.2. The monoisotopic (exact) mass is 270 g/mol. The zero-order valence-corrected chi connectivity index (χ0v) is 13.4. The molecule has 0 aromatic heterocycles. The van der Waals surface area contributed by atoms with Gasteiger partial charge in [0.1, 0.15) is 0 Å². The maximum absolute atomic E-state index is 12.1. The molecule has 0 amide bonds. The number of rotatable bonds is 9. The molecule has 0 rings (SSSR count). The summed E-state index contributed by atoms with van der Waals surface area (Å²) >= 11 is 0. The molecule has 0 saturated heterocycles. The average Bonchev–Trinajstić information content (AvgIpc) is 2.28. The Hall–Kier alpha value is -0.830. The molecule has 0 N–H and O–H groups in total. The first-order valence-corrected chi connectivity index (χ1v) is 7.38. The lowest BCUT2D eigenvalue weighted by molar-refractivity contribution is -0.139. The van der Waals surface area contributed by atoms with Crippen LogP contribution < -0.4 is 0 Å². The Morgan fingerprint density at radius 3 is 1.84 bits per heavy atom. The van der Waals surface area contributed by atoms with Crippen LogP contribution in [0.1, 0.15) is 54.4 Å². The highest BCUT2D eigenvalue weighted by molar-refractivity contribution is 5.89. The maximum atomic E-state index is 12.1. The SMILES string of the molecule is CCOCC(C(=O)OCC)=C(CC(C)C)CC(C)C. The van der Waals surface area contributed by atoms with Crippen LogP contribution in [0.4, 0.5) is 0 Å². The zero-order chi connectivity index (χ0) is 14.8. The molecule has 0 unspecified atom stereocenters. The van der Waals surface area contributed by atoms with E-state index in [1.54, 1.807) is 0 Å². The Morgan fingerprint density at radius 2 is 1.47 bits per heavy atom. The van der Waals surface area contributed by atoms with Gasteiger partial charge in [-0.2, -0.15) is 0 Å². The molecule has 0 saturated carbocycles. The van der Waals surface area contributed by atoms with Crippen LogP contribution in [0.2, 0.25) is 0 Å². The lowest BCUT2D eigenvalue weighted by atomic mass is 9.91. The predicted molar refractivity (Wildman–Crippen MR) is 79.1 cm³/mol. The second-order valence-electron chi connectivity index (χ2n) is 5.64. The van der Waals surface area contributed by atoms with Crippen LogP contribution in [0.15, 0.2) is 11.1 Å². The number of carbonyl (C=O) groups is 1. The van der Waals surface area contributed by atoms with Crippen molar-refractivity contribution < 1.29 is 14.3 Å². The summed E-state index contributed by atoms with van der Waals surface area (Å²) in [4.78, 5) is 12.1. The third kappa shape index (κ3) is 8.04. The molecule has 0 aliphatic rings.